The third kappa shape index (κ3) is 2.53. The molecule has 0 aromatic carbocycles. The van der Waals surface area contributed by atoms with Crippen molar-refractivity contribution in [3.63, 3.8) is 0 Å². The van der Waals surface area contributed by atoms with Crippen molar-refractivity contribution in [2.24, 2.45) is 39.9 Å². The standard InChI is InChI=1S/C27H29F3O6S/c1-13-9-14-15-10-18(29)25-7-6-16(31)20(25)24(25,3)26(15,30)19(32)11-23(14,2)27(13,22(34)37-12-28)36-21(33)17-5-4-8-35-17/h4-8,13-15,18-20,32H,9-12H2,1-3H3/t13-,14+,15+,18+,19+,20-,23+,24-,25?,26+,27+/m1/s1. The number of aliphatic hydroxyl groups excluding tert-OH is 1. The van der Waals surface area contributed by atoms with Crippen LogP contribution >= 0.6 is 11.8 Å². The lowest BCUT2D eigenvalue weighted by Gasteiger charge is -2.60. The molecular weight excluding hydrogens is 509 g/mol. The number of hydrogen-bond acceptors (Lipinski definition) is 7. The molecule has 6 nitrogen and oxygen atoms in total. The number of furan rings is 1. The molecule has 1 aromatic rings. The molecule has 4 saturated carbocycles. The minimum atomic E-state index is -2.29. The van der Waals surface area contributed by atoms with Gasteiger partial charge in [-0.2, -0.15) is 0 Å². The number of rotatable bonds is 4. The fourth-order valence-electron chi connectivity index (χ4n) is 9.52. The lowest BCUT2D eigenvalue weighted by molar-refractivity contribution is -0.227. The number of carbonyl (C=O) groups is 3. The Kier molecular flexibility index (Phi) is 5.13. The predicted molar refractivity (Wildman–Crippen MR) is 126 cm³/mol. The summed E-state index contributed by atoms with van der Waals surface area (Å²) in [6, 6.07) is 1.79. The molecule has 1 unspecified atom stereocenters. The second-order valence-corrected chi connectivity index (χ2v) is 12.8. The van der Waals surface area contributed by atoms with Crippen LogP contribution < -0.4 is 0 Å². The van der Waals surface area contributed by atoms with E-state index in [2.05, 4.69) is 0 Å². The summed E-state index contributed by atoms with van der Waals surface area (Å²) in [5, 5.41) is 10.8. The van der Waals surface area contributed by atoms with Crippen molar-refractivity contribution in [3.8, 4) is 0 Å². The number of carbonyl (C=O) groups excluding carboxylic acids is 3. The second kappa shape index (κ2) is 7.52. The second-order valence-electron chi connectivity index (χ2n) is 11.9. The van der Waals surface area contributed by atoms with Gasteiger partial charge in [0.1, 0.15) is 17.8 Å². The maximum Gasteiger partial charge on any atom is 0.375 e. The van der Waals surface area contributed by atoms with Crippen LogP contribution in [-0.4, -0.2) is 51.5 Å². The van der Waals surface area contributed by atoms with Crippen molar-refractivity contribution in [1.29, 1.82) is 0 Å². The molecule has 1 heterocycles. The molecule has 0 bridgehead atoms. The van der Waals surface area contributed by atoms with Crippen molar-refractivity contribution < 1.29 is 41.8 Å². The molecule has 6 rings (SSSR count). The van der Waals surface area contributed by atoms with Crippen molar-refractivity contribution in [1.82, 2.24) is 0 Å². The normalized spacial score (nSPS) is 51.2. The average Bonchev–Trinajstić information content (AvgIpc) is 3.26. The van der Waals surface area contributed by atoms with E-state index in [9.17, 15) is 23.9 Å². The Labute approximate surface area is 216 Å². The fourth-order valence-corrected chi connectivity index (χ4v) is 10.3. The van der Waals surface area contributed by atoms with Gasteiger partial charge in [-0.15, -0.1) is 0 Å². The molecule has 1 spiro atoms. The first-order valence-electron chi connectivity index (χ1n) is 12.6. The third-order valence-electron chi connectivity index (χ3n) is 11.0. The van der Waals surface area contributed by atoms with Gasteiger partial charge in [-0.05, 0) is 55.2 Å². The quantitative estimate of drug-likeness (QED) is 0.560. The van der Waals surface area contributed by atoms with Gasteiger partial charge in [-0.1, -0.05) is 26.8 Å². The SMILES string of the molecule is C[C@@H]1C[C@H]2[C@@H]3C[C@H](F)C45C=CC(=O)[C@@H]4[C@@]5(C)[C@@]3(F)[C@@H](O)C[C@]2(C)[C@@]1(OC(=O)c1ccco1)C(=O)SCF. The molecule has 10 heteroatoms. The molecule has 0 aliphatic heterocycles. The molecule has 0 saturated heterocycles. The smallest absolute Gasteiger partial charge is 0.375 e. The molecule has 11 atom stereocenters. The lowest BCUT2D eigenvalue weighted by atomic mass is 9.48. The highest BCUT2D eigenvalue weighted by atomic mass is 32.2. The Morgan fingerprint density at radius 1 is 1.27 bits per heavy atom. The molecule has 200 valence electrons. The zero-order valence-corrected chi connectivity index (χ0v) is 21.5. The highest BCUT2D eigenvalue weighted by Crippen LogP contribution is 2.86. The Bertz CT molecular complexity index is 1220. The van der Waals surface area contributed by atoms with Crippen LogP contribution in [0.1, 0.15) is 50.6 Å². The van der Waals surface area contributed by atoms with Gasteiger partial charge in [0.2, 0.25) is 10.9 Å². The van der Waals surface area contributed by atoms with E-state index in [1.54, 1.807) is 20.8 Å². The first-order valence-corrected chi connectivity index (χ1v) is 13.6. The summed E-state index contributed by atoms with van der Waals surface area (Å²) in [5.74, 6) is -4.67. The molecular formula is C27H29F3O6S. The van der Waals surface area contributed by atoms with Crippen LogP contribution in [0.25, 0.3) is 0 Å². The first-order chi connectivity index (χ1) is 17.4. The highest BCUT2D eigenvalue weighted by molar-refractivity contribution is 8.13. The summed E-state index contributed by atoms with van der Waals surface area (Å²) in [4.78, 5) is 39.3. The molecule has 0 amide bonds. The van der Waals surface area contributed by atoms with Crippen LogP contribution in [0.5, 0.6) is 0 Å². The van der Waals surface area contributed by atoms with E-state index < -0.39 is 80.6 Å². The van der Waals surface area contributed by atoms with E-state index in [0.717, 1.165) is 0 Å². The van der Waals surface area contributed by atoms with Gasteiger partial charge in [-0.25, -0.2) is 18.0 Å². The summed E-state index contributed by atoms with van der Waals surface area (Å²) in [5.41, 5.74) is -8.22. The molecule has 1 N–H and O–H groups in total. The number of halogens is 3. The molecule has 4 fully saturated rings. The molecule has 0 radical (unpaired) electrons. The fraction of sp³-hybridized carbons (Fsp3) is 0.667. The summed E-state index contributed by atoms with van der Waals surface area (Å²) in [7, 11) is 0. The van der Waals surface area contributed by atoms with Crippen LogP contribution in [0, 0.1) is 39.9 Å². The van der Waals surface area contributed by atoms with Gasteiger partial charge in [0.15, 0.2) is 11.4 Å². The van der Waals surface area contributed by atoms with Crippen molar-refractivity contribution in [2.75, 3.05) is 6.01 Å². The van der Waals surface area contributed by atoms with Gasteiger partial charge in [0, 0.05) is 34.0 Å². The van der Waals surface area contributed by atoms with Gasteiger partial charge >= 0.3 is 5.97 Å². The van der Waals surface area contributed by atoms with E-state index in [4.69, 9.17) is 9.15 Å². The van der Waals surface area contributed by atoms with Crippen LogP contribution in [0.15, 0.2) is 35.0 Å². The van der Waals surface area contributed by atoms with Gasteiger partial charge in [0.25, 0.3) is 0 Å². The maximum atomic E-state index is 17.4. The Hall–Kier alpha value is -2.07. The van der Waals surface area contributed by atoms with Crippen LogP contribution in [0.4, 0.5) is 13.2 Å². The van der Waals surface area contributed by atoms with Crippen LogP contribution in [0.3, 0.4) is 0 Å². The van der Waals surface area contributed by atoms with Gasteiger partial charge < -0.3 is 14.3 Å². The number of alkyl halides is 3. The number of hydrogen-bond donors (Lipinski definition) is 1. The summed E-state index contributed by atoms with van der Waals surface area (Å²) < 4.78 is 57.9. The van der Waals surface area contributed by atoms with Crippen molar-refractivity contribution >= 4 is 28.6 Å². The van der Waals surface area contributed by atoms with E-state index in [0.29, 0.717) is 11.8 Å². The summed E-state index contributed by atoms with van der Waals surface area (Å²) in [6.07, 6.45) is 0.587. The Morgan fingerprint density at radius 3 is 2.65 bits per heavy atom. The number of esters is 1. The topological polar surface area (TPSA) is 93.8 Å². The van der Waals surface area contributed by atoms with E-state index in [-0.39, 0.29) is 30.8 Å². The highest BCUT2D eigenvalue weighted by Gasteiger charge is 2.93. The van der Waals surface area contributed by atoms with E-state index in [1.807, 2.05) is 0 Å². The molecule has 1 aromatic heterocycles. The maximum absolute atomic E-state index is 17.4. The van der Waals surface area contributed by atoms with Crippen molar-refractivity contribution in [3.05, 3.63) is 36.3 Å². The molecule has 37 heavy (non-hydrogen) atoms. The monoisotopic (exact) mass is 538 g/mol. The summed E-state index contributed by atoms with van der Waals surface area (Å²) in [6.45, 7) is 4.88. The Morgan fingerprint density at radius 2 is 2.00 bits per heavy atom. The third-order valence-corrected chi connectivity index (χ3v) is 11.7. The van der Waals surface area contributed by atoms with Gasteiger partial charge in [-0.3, -0.25) is 9.59 Å². The summed E-state index contributed by atoms with van der Waals surface area (Å²) >= 11 is 0.359. The lowest BCUT2D eigenvalue weighted by Crippen LogP contribution is -2.69. The van der Waals surface area contributed by atoms with Crippen molar-refractivity contribution in [2.45, 2.75) is 63.6 Å². The predicted octanol–water partition coefficient (Wildman–Crippen LogP) is 4.62. The number of aliphatic hydroxyl groups is 1. The van der Waals surface area contributed by atoms with Crippen LogP contribution in [0.2, 0.25) is 0 Å². The number of ether oxygens (including phenoxy) is 1. The van der Waals surface area contributed by atoms with E-state index in [1.165, 1.54) is 30.5 Å². The minimum absolute atomic E-state index is 0.153. The van der Waals surface area contributed by atoms with Gasteiger partial charge in [0.05, 0.1) is 12.4 Å². The Balaban J connectivity index is 1.46. The number of ketones is 1. The number of thioether (sulfide) groups is 1. The largest absolute Gasteiger partial charge is 0.457 e. The minimum Gasteiger partial charge on any atom is -0.457 e. The number of allylic oxidation sites excluding steroid dienone is 2. The van der Waals surface area contributed by atoms with Crippen LogP contribution in [-0.2, 0) is 14.3 Å². The zero-order chi connectivity index (χ0) is 26.8. The zero-order valence-electron chi connectivity index (χ0n) is 20.7. The molecule has 5 aliphatic rings. The molecule has 5 aliphatic carbocycles. The number of fused-ring (bicyclic) bond motifs is 5. The van der Waals surface area contributed by atoms with E-state index >= 15 is 8.78 Å². The first kappa shape index (κ1) is 25.2. The average molecular weight is 539 g/mol.